The van der Waals surface area contributed by atoms with Gasteiger partial charge in [0.05, 0.1) is 0 Å². The average Bonchev–Trinajstić information content (AvgIpc) is 2.93. The Kier molecular flexibility index (Phi) is 12.6. The molecule has 44 heavy (non-hydrogen) atoms. The van der Waals surface area contributed by atoms with Crippen LogP contribution in [0.2, 0.25) is 0 Å². The third kappa shape index (κ3) is 11.3. The molecule has 2 N–H and O–H groups in total. The molecular weight excluding hydrogens is 558 g/mol. The largest absolute Gasteiger partial charge is 0.458 e. The Labute approximate surface area is 263 Å². The van der Waals surface area contributed by atoms with E-state index in [1.54, 1.807) is 41.5 Å². The number of esters is 1. The number of hydrogen-bond acceptors (Lipinski definition) is 6. The van der Waals surface area contributed by atoms with Crippen molar-refractivity contribution in [3.8, 4) is 0 Å². The van der Waals surface area contributed by atoms with Crippen LogP contribution in [0.5, 0.6) is 0 Å². The molecule has 0 radical (unpaired) electrons. The summed E-state index contributed by atoms with van der Waals surface area (Å²) in [5.41, 5.74) is 0.173. The van der Waals surface area contributed by atoms with E-state index in [2.05, 4.69) is 10.6 Å². The number of aryl methyl sites for hydroxylation is 1. The molecule has 0 saturated heterocycles. The third-order valence-electron chi connectivity index (χ3n) is 7.07. The van der Waals surface area contributed by atoms with Crippen molar-refractivity contribution in [1.82, 2.24) is 15.5 Å². The summed E-state index contributed by atoms with van der Waals surface area (Å²) < 4.78 is 11.0. The first kappa shape index (κ1) is 36.3. The van der Waals surface area contributed by atoms with Crippen LogP contribution in [0, 0.1) is 0 Å². The summed E-state index contributed by atoms with van der Waals surface area (Å²) in [4.78, 5) is 55.7. The van der Waals surface area contributed by atoms with Crippen LogP contribution in [-0.2, 0) is 36.7 Å². The van der Waals surface area contributed by atoms with Gasteiger partial charge in [0.25, 0.3) is 0 Å². The minimum absolute atomic E-state index is 0.203. The maximum atomic E-state index is 14.4. The minimum atomic E-state index is -1.11. The van der Waals surface area contributed by atoms with Crippen molar-refractivity contribution in [3.63, 3.8) is 0 Å². The van der Waals surface area contributed by atoms with Crippen LogP contribution in [0.3, 0.4) is 0 Å². The normalized spacial score (nSPS) is 13.3. The highest BCUT2D eigenvalue weighted by Gasteiger charge is 2.41. The molecule has 2 rings (SSSR count). The van der Waals surface area contributed by atoms with Crippen LogP contribution in [0.4, 0.5) is 4.79 Å². The predicted octanol–water partition coefficient (Wildman–Crippen LogP) is 5.90. The zero-order valence-corrected chi connectivity index (χ0v) is 28.1. The van der Waals surface area contributed by atoms with Crippen LogP contribution >= 0.6 is 0 Å². The number of benzene rings is 2. The van der Waals surface area contributed by atoms with Crippen molar-refractivity contribution in [2.75, 3.05) is 6.54 Å². The van der Waals surface area contributed by atoms with Crippen molar-refractivity contribution in [2.45, 2.75) is 117 Å². The fourth-order valence-corrected chi connectivity index (χ4v) is 4.57. The van der Waals surface area contributed by atoms with Crippen molar-refractivity contribution >= 4 is 23.9 Å². The lowest BCUT2D eigenvalue weighted by atomic mass is 9.92. The maximum Gasteiger partial charge on any atom is 0.408 e. The molecule has 0 spiro atoms. The van der Waals surface area contributed by atoms with Gasteiger partial charge in [-0.2, -0.15) is 0 Å². The van der Waals surface area contributed by atoms with E-state index in [1.165, 1.54) is 4.90 Å². The highest BCUT2D eigenvalue weighted by atomic mass is 16.6. The summed E-state index contributed by atoms with van der Waals surface area (Å²) in [5, 5.41) is 5.46. The molecule has 2 atom stereocenters. The molecule has 0 heterocycles. The van der Waals surface area contributed by atoms with Crippen LogP contribution in [0.25, 0.3) is 0 Å². The van der Waals surface area contributed by atoms with Crippen LogP contribution in [-0.4, -0.2) is 58.1 Å². The zero-order chi connectivity index (χ0) is 33.3. The number of hydrogen-bond donors (Lipinski definition) is 2. The van der Waals surface area contributed by atoms with Gasteiger partial charge in [-0.3, -0.25) is 9.59 Å². The lowest BCUT2D eigenvalue weighted by molar-refractivity contribution is -0.159. The Balaban J connectivity index is 2.56. The Morgan fingerprint density at radius 3 is 1.84 bits per heavy atom. The number of carbonyl (C=O) groups excluding carboxylic acids is 4. The van der Waals surface area contributed by atoms with Crippen molar-refractivity contribution in [1.29, 1.82) is 0 Å². The van der Waals surface area contributed by atoms with Crippen LogP contribution in [0.15, 0.2) is 54.6 Å². The molecule has 2 aromatic carbocycles. The predicted molar refractivity (Wildman–Crippen MR) is 172 cm³/mol. The summed E-state index contributed by atoms with van der Waals surface area (Å²) in [6.45, 7) is 17.8. The number of ether oxygens (including phenoxy) is 2. The molecule has 9 heteroatoms. The fourth-order valence-electron chi connectivity index (χ4n) is 4.57. The highest BCUT2D eigenvalue weighted by molar-refractivity contribution is 5.93. The summed E-state index contributed by atoms with van der Waals surface area (Å²) in [6.07, 6.45) is 0.787. The van der Waals surface area contributed by atoms with E-state index >= 15 is 0 Å². The van der Waals surface area contributed by atoms with Gasteiger partial charge in [-0.15, -0.1) is 0 Å². The molecule has 9 nitrogen and oxygen atoms in total. The van der Waals surface area contributed by atoms with Crippen LogP contribution < -0.4 is 10.6 Å². The Morgan fingerprint density at radius 2 is 1.34 bits per heavy atom. The maximum absolute atomic E-state index is 14.4. The fraction of sp³-hybridized carbons (Fsp3) is 0.543. The first-order chi connectivity index (χ1) is 20.4. The smallest absolute Gasteiger partial charge is 0.408 e. The molecule has 3 amide bonds. The summed E-state index contributed by atoms with van der Waals surface area (Å²) in [7, 11) is 0. The third-order valence-corrected chi connectivity index (χ3v) is 7.07. The quantitative estimate of drug-likeness (QED) is 0.290. The molecule has 0 bridgehead atoms. The second kappa shape index (κ2) is 15.2. The van der Waals surface area contributed by atoms with E-state index in [0.29, 0.717) is 12.0 Å². The number of amides is 3. The average molecular weight is 610 g/mol. The molecule has 0 aliphatic heterocycles. The molecule has 0 aliphatic rings. The molecule has 242 valence electrons. The van der Waals surface area contributed by atoms with Gasteiger partial charge in [-0.25, -0.2) is 9.59 Å². The van der Waals surface area contributed by atoms with E-state index in [9.17, 15) is 19.2 Å². The summed E-state index contributed by atoms with van der Waals surface area (Å²) in [6, 6.07) is 14.7. The van der Waals surface area contributed by atoms with E-state index in [0.717, 1.165) is 17.5 Å². The lowest BCUT2D eigenvalue weighted by Crippen LogP contribution is -2.57. The highest BCUT2D eigenvalue weighted by Crippen LogP contribution is 2.32. The Bertz CT molecular complexity index is 1260. The molecule has 0 aromatic heterocycles. The molecule has 2 unspecified atom stereocenters. The molecule has 0 fully saturated rings. The van der Waals surface area contributed by atoms with Gasteiger partial charge in [0.2, 0.25) is 11.8 Å². The topological polar surface area (TPSA) is 114 Å². The SMILES string of the molecule is CCc1ccc(C(C(=O)NC(Cc2ccccc2)C(=O)OC(C)(C)C)N(C(=O)CNC(=O)OC(C)(C)C)C(C)(C)CC)cc1. The van der Waals surface area contributed by atoms with Gasteiger partial charge in [0.15, 0.2) is 0 Å². The van der Waals surface area contributed by atoms with Crippen LogP contribution in [0.1, 0.15) is 98.4 Å². The first-order valence-electron chi connectivity index (χ1n) is 15.3. The Morgan fingerprint density at radius 1 is 0.773 bits per heavy atom. The molecule has 0 saturated carbocycles. The lowest BCUT2D eigenvalue weighted by Gasteiger charge is -2.43. The van der Waals surface area contributed by atoms with Gasteiger partial charge in [0.1, 0.15) is 29.8 Å². The number of rotatable bonds is 12. The molecule has 2 aromatic rings. The second-order valence-corrected chi connectivity index (χ2v) is 13.6. The zero-order valence-electron chi connectivity index (χ0n) is 28.1. The van der Waals surface area contributed by atoms with Gasteiger partial charge < -0.3 is 25.0 Å². The van der Waals surface area contributed by atoms with Gasteiger partial charge in [-0.05, 0) is 84.9 Å². The molecule has 0 aliphatic carbocycles. The number of carbonyl (C=O) groups is 4. The van der Waals surface area contributed by atoms with Gasteiger partial charge in [-0.1, -0.05) is 68.4 Å². The molecular formula is C35H51N3O6. The minimum Gasteiger partial charge on any atom is -0.458 e. The van der Waals surface area contributed by atoms with E-state index in [1.807, 2.05) is 82.3 Å². The van der Waals surface area contributed by atoms with Crippen molar-refractivity contribution in [2.24, 2.45) is 0 Å². The van der Waals surface area contributed by atoms with Crippen molar-refractivity contribution < 1.29 is 28.7 Å². The number of nitrogens with one attached hydrogen (secondary N) is 2. The van der Waals surface area contributed by atoms with E-state index in [-0.39, 0.29) is 13.0 Å². The standard InChI is InChI=1S/C35H51N3O6/c1-11-24-18-20-26(21-19-24)29(38(35(9,10)12-2)28(39)23-36-32(42)44-34(6,7)8)30(40)37-27(31(41)43-33(3,4)5)22-25-16-14-13-15-17-25/h13-21,27,29H,11-12,22-23H2,1-10H3,(H,36,42)(H,37,40). The van der Waals surface area contributed by atoms with Gasteiger partial charge >= 0.3 is 12.1 Å². The van der Waals surface area contributed by atoms with Crippen molar-refractivity contribution in [3.05, 3.63) is 71.3 Å². The number of nitrogens with zero attached hydrogens (tertiary/aromatic N) is 1. The first-order valence-corrected chi connectivity index (χ1v) is 15.3. The second-order valence-electron chi connectivity index (χ2n) is 13.6. The Hall–Kier alpha value is -3.88. The monoisotopic (exact) mass is 609 g/mol. The summed E-state index contributed by atoms with van der Waals surface area (Å²) >= 11 is 0. The van der Waals surface area contributed by atoms with E-state index < -0.39 is 52.7 Å². The van der Waals surface area contributed by atoms with E-state index in [4.69, 9.17) is 9.47 Å². The van der Waals surface area contributed by atoms with Gasteiger partial charge in [0, 0.05) is 12.0 Å². The summed E-state index contributed by atoms with van der Waals surface area (Å²) in [5.74, 6) is -1.58. The number of alkyl carbamates (subject to hydrolysis) is 1.